The molecule has 1 amide bonds. The molecule has 0 unspecified atom stereocenters. The number of hydrogen-bond acceptors (Lipinski definition) is 3. The van der Waals surface area contributed by atoms with Gasteiger partial charge in [0.15, 0.2) is 0 Å². The SMILES string of the molecule is CCN(CC)Cc1ccccc1CNC(=O)CCNC. The first kappa shape index (κ1) is 16.7. The fourth-order valence-corrected chi connectivity index (χ4v) is 2.09. The molecule has 0 heterocycles. The molecule has 0 saturated carbocycles. The lowest BCUT2D eigenvalue weighted by Gasteiger charge is -2.20. The first-order chi connectivity index (χ1) is 9.71. The number of hydrogen-bond donors (Lipinski definition) is 2. The minimum Gasteiger partial charge on any atom is -0.352 e. The zero-order valence-corrected chi connectivity index (χ0v) is 12.9. The number of nitrogens with zero attached hydrogens (tertiary/aromatic N) is 1. The Morgan fingerprint density at radius 1 is 1.15 bits per heavy atom. The molecule has 2 N–H and O–H groups in total. The van der Waals surface area contributed by atoms with Crippen LogP contribution in [0, 0.1) is 0 Å². The second-order valence-electron chi connectivity index (χ2n) is 4.86. The van der Waals surface area contributed by atoms with Crippen molar-refractivity contribution in [3.63, 3.8) is 0 Å². The Morgan fingerprint density at radius 2 is 1.80 bits per heavy atom. The zero-order chi connectivity index (χ0) is 14.8. The van der Waals surface area contributed by atoms with Gasteiger partial charge in [-0.05, 0) is 31.3 Å². The van der Waals surface area contributed by atoms with E-state index < -0.39 is 0 Å². The van der Waals surface area contributed by atoms with E-state index >= 15 is 0 Å². The molecule has 4 heteroatoms. The molecule has 0 bridgehead atoms. The fourth-order valence-electron chi connectivity index (χ4n) is 2.09. The van der Waals surface area contributed by atoms with Crippen LogP contribution in [0.25, 0.3) is 0 Å². The largest absolute Gasteiger partial charge is 0.352 e. The Kier molecular flexibility index (Phi) is 7.92. The number of benzene rings is 1. The highest BCUT2D eigenvalue weighted by molar-refractivity contribution is 5.76. The molecule has 1 rings (SSSR count). The summed E-state index contributed by atoms with van der Waals surface area (Å²) in [5.41, 5.74) is 2.50. The maximum atomic E-state index is 11.7. The summed E-state index contributed by atoms with van der Waals surface area (Å²) in [6, 6.07) is 8.33. The van der Waals surface area contributed by atoms with Crippen molar-refractivity contribution in [1.29, 1.82) is 0 Å². The quantitative estimate of drug-likeness (QED) is 0.723. The van der Waals surface area contributed by atoms with Crippen molar-refractivity contribution in [2.45, 2.75) is 33.4 Å². The number of nitrogens with one attached hydrogen (secondary N) is 2. The maximum absolute atomic E-state index is 11.7. The van der Waals surface area contributed by atoms with Crippen molar-refractivity contribution in [3.05, 3.63) is 35.4 Å². The van der Waals surface area contributed by atoms with Crippen LogP contribution < -0.4 is 10.6 Å². The van der Waals surface area contributed by atoms with E-state index in [1.54, 1.807) is 0 Å². The van der Waals surface area contributed by atoms with Crippen molar-refractivity contribution in [3.8, 4) is 0 Å². The second-order valence-corrected chi connectivity index (χ2v) is 4.86. The molecule has 0 saturated heterocycles. The van der Waals surface area contributed by atoms with Gasteiger partial charge in [-0.15, -0.1) is 0 Å². The van der Waals surface area contributed by atoms with Crippen LogP contribution in [0.5, 0.6) is 0 Å². The normalized spacial score (nSPS) is 10.8. The average molecular weight is 277 g/mol. The molecule has 0 atom stereocenters. The standard InChI is InChI=1S/C16H27N3O/c1-4-19(5-2)13-15-9-7-6-8-14(15)12-18-16(20)10-11-17-3/h6-9,17H,4-5,10-13H2,1-3H3,(H,18,20). The summed E-state index contributed by atoms with van der Waals surface area (Å²) in [4.78, 5) is 14.0. The number of carbonyl (C=O) groups excluding carboxylic acids is 1. The molecule has 0 spiro atoms. The van der Waals surface area contributed by atoms with Crippen LogP contribution in [0.15, 0.2) is 24.3 Å². The third-order valence-electron chi connectivity index (χ3n) is 3.48. The van der Waals surface area contributed by atoms with Crippen molar-refractivity contribution in [2.24, 2.45) is 0 Å². The summed E-state index contributed by atoms with van der Waals surface area (Å²) < 4.78 is 0. The fraction of sp³-hybridized carbons (Fsp3) is 0.562. The van der Waals surface area contributed by atoms with E-state index in [0.29, 0.717) is 19.5 Å². The van der Waals surface area contributed by atoms with Crippen LogP contribution in [-0.4, -0.2) is 37.5 Å². The highest BCUT2D eigenvalue weighted by Gasteiger charge is 2.07. The molecule has 1 aromatic rings. The van der Waals surface area contributed by atoms with E-state index in [2.05, 4.69) is 47.6 Å². The monoisotopic (exact) mass is 277 g/mol. The third kappa shape index (κ3) is 5.72. The van der Waals surface area contributed by atoms with Crippen LogP contribution in [0.4, 0.5) is 0 Å². The van der Waals surface area contributed by atoms with E-state index in [4.69, 9.17) is 0 Å². The van der Waals surface area contributed by atoms with Crippen molar-refractivity contribution < 1.29 is 4.79 Å². The van der Waals surface area contributed by atoms with E-state index in [1.807, 2.05) is 13.1 Å². The Hall–Kier alpha value is -1.39. The number of amides is 1. The minimum absolute atomic E-state index is 0.0944. The van der Waals surface area contributed by atoms with Gasteiger partial charge in [-0.3, -0.25) is 9.69 Å². The first-order valence-electron chi connectivity index (χ1n) is 7.41. The molecule has 112 valence electrons. The van der Waals surface area contributed by atoms with Gasteiger partial charge in [-0.2, -0.15) is 0 Å². The summed E-state index contributed by atoms with van der Waals surface area (Å²) >= 11 is 0. The Balaban J connectivity index is 2.59. The van der Waals surface area contributed by atoms with Gasteiger partial charge in [0.1, 0.15) is 0 Å². The predicted octanol–water partition coefficient (Wildman–Crippen LogP) is 1.75. The molecule has 0 fully saturated rings. The maximum Gasteiger partial charge on any atom is 0.221 e. The zero-order valence-electron chi connectivity index (χ0n) is 12.9. The molecule has 0 aromatic heterocycles. The Morgan fingerprint density at radius 3 is 2.40 bits per heavy atom. The predicted molar refractivity (Wildman–Crippen MR) is 83.5 cm³/mol. The summed E-state index contributed by atoms with van der Waals surface area (Å²) in [5, 5.41) is 5.97. The van der Waals surface area contributed by atoms with Gasteiger partial charge < -0.3 is 10.6 Å². The summed E-state index contributed by atoms with van der Waals surface area (Å²) in [6.07, 6.45) is 0.523. The van der Waals surface area contributed by atoms with Crippen molar-refractivity contribution >= 4 is 5.91 Å². The van der Waals surface area contributed by atoms with Gasteiger partial charge in [0.2, 0.25) is 5.91 Å². The van der Waals surface area contributed by atoms with Crippen LogP contribution in [-0.2, 0) is 17.9 Å². The van der Waals surface area contributed by atoms with Gasteiger partial charge in [0.05, 0.1) is 0 Å². The average Bonchev–Trinajstić information content (AvgIpc) is 2.49. The van der Waals surface area contributed by atoms with Crippen molar-refractivity contribution in [1.82, 2.24) is 15.5 Å². The number of carbonyl (C=O) groups is 1. The molecular weight excluding hydrogens is 250 g/mol. The minimum atomic E-state index is 0.0944. The lowest BCUT2D eigenvalue weighted by atomic mass is 10.1. The van der Waals surface area contributed by atoms with Crippen LogP contribution in [0.3, 0.4) is 0 Å². The van der Waals surface area contributed by atoms with Crippen molar-refractivity contribution in [2.75, 3.05) is 26.7 Å². The summed E-state index contributed by atoms with van der Waals surface area (Å²) in [6.45, 7) is 8.69. The smallest absolute Gasteiger partial charge is 0.221 e. The first-order valence-corrected chi connectivity index (χ1v) is 7.41. The molecule has 0 radical (unpaired) electrons. The van der Waals surface area contributed by atoms with E-state index in [1.165, 1.54) is 11.1 Å². The lowest BCUT2D eigenvalue weighted by molar-refractivity contribution is -0.121. The van der Waals surface area contributed by atoms with Gasteiger partial charge in [-0.1, -0.05) is 38.1 Å². The summed E-state index contributed by atoms with van der Waals surface area (Å²) in [5.74, 6) is 0.0944. The van der Waals surface area contributed by atoms with Crippen LogP contribution in [0.1, 0.15) is 31.4 Å². The molecule has 0 aliphatic carbocycles. The van der Waals surface area contributed by atoms with Gasteiger partial charge in [0, 0.05) is 26.1 Å². The Labute approximate surface area is 122 Å². The Bertz CT molecular complexity index is 402. The molecule has 0 aliphatic heterocycles. The summed E-state index contributed by atoms with van der Waals surface area (Å²) in [7, 11) is 1.85. The number of rotatable bonds is 9. The molecular formula is C16H27N3O. The molecule has 20 heavy (non-hydrogen) atoms. The van der Waals surface area contributed by atoms with E-state index in [-0.39, 0.29) is 5.91 Å². The van der Waals surface area contributed by atoms with Gasteiger partial charge >= 0.3 is 0 Å². The highest BCUT2D eigenvalue weighted by atomic mass is 16.1. The van der Waals surface area contributed by atoms with Crippen LogP contribution >= 0.6 is 0 Å². The molecule has 1 aromatic carbocycles. The topological polar surface area (TPSA) is 44.4 Å². The van der Waals surface area contributed by atoms with Crippen LogP contribution in [0.2, 0.25) is 0 Å². The van der Waals surface area contributed by atoms with Gasteiger partial charge in [-0.25, -0.2) is 0 Å². The third-order valence-corrected chi connectivity index (χ3v) is 3.48. The lowest BCUT2D eigenvalue weighted by Crippen LogP contribution is -2.27. The van der Waals surface area contributed by atoms with E-state index in [9.17, 15) is 4.79 Å². The van der Waals surface area contributed by atoms with Gasteiger partial charge in [0.25, 0.3) is 0 Å². The van der Waals surface area contributed by atoms with E-state index in [0.717, 1.165) is 19.6 Å². The molecule has 0 aliphatic rings. The molecule has 4 nitrogen and oxygen atoms in total. The highest BCUT2D eigenvalue weighted by Crippen LogP contribution is 2.11. The second kappa shape index (κ2) is 9.50.